The van der Waals surface area contributed by atoms with Crippen LogP contribution >= 0.6 is 11.3 Å². The van der Waals surface area contributed by atoms with E-state index in [-0.39, 0.29) is 24.5 Å². The zero-order valence-electron chi connectivity index (χ0n) is 10.7. The first-order valence-electron chi connectivity index (χ1n) is 6.26. The average molecular weight is 283 g/mol. The molecule has 1 fully saturated rings. The van der Waals surface area contributed by atoms with Crippen LogP contribution in [0.1, 0.15) is 37.2 Å². The molecule has 2 rings (SSSR count). The number of nitrogens with one attached hydrogen (secondary N) is 1. The van der Waals surface area contributed by atoms with Crippen LogP contribution in [-0.2, 0) is 4.79 Å². The fourth-order valence-corrected chi connectivity index (χ4v) is 2.94. The Morgan fingerprint density at radius 2 is 2.47 bits per heavy atom. The summed E-state index contributed by atoms with van der Waals surface area (Å²) in [4.78, 5) is 28.7. The van der Waals surface area contributed by atoms with Gasteiger partial charge in [-0.15, -0.1) is 11.3 Å². The Hall–Kier alpha value is -1.63. The van der Waals surface area contributed by atoms with E-state index in [0.717, 1.165) is 17.8 Å². The van der Waals surface area contributed by atoms with E-state index in [2.05, 4.69) is 10.3 Å². The molecule has 1 aromatic heterocycles. The first-order chi connectivity index (χ1) is 9.08. The molecule has 2 amide bonds. The second-order valence-corrected chi connectivity index (χ2v) is 5.55. The van der Waals surface area contributed by atoms with Crippen molar-refractivity contribution in [1.82, 2.24) is 15.2 Å². The minimum absolute atomic E-state index is 0.0129. The van der Waals surface area contributed by atoms with E-state index >= 15 is 0 Å². The van der Waals surface area contributed by atoms with Gasteiger partial charge >= 0.3 is 12.0 Å². The van der Waals surface area contributed by atoms with Crippen LogP contribution in [0.25, 0.3) is 0 Å². The number of aromatic nitrogens is 1. The maximum Gasteiger partial charge on any atom is 0.318 e. The summed E-state index contributed by atoms with van der Waals surface area (Å²) in [6, 6.07) is -0.550. The standard InChI is InChI=1S/C12H17N3O3S/c1-8(11-13-4-6-19-11)14-12(18)15-5-2-3-9(15)7-10(16)17/h4,6,8-9H,2-3,5,7H2,1H3,(H,14,18)(H,16,17). The SMILES string of the molecule is CC(NC(=O)N1CCCC1CC(=O)O)c1nccs1. The molecule has 104 valence electrons. The number of carbonyl (C=O) groups excluding carboxylic acids is 1. The smallest absolute Gasteiger partial charge is 0.318 e. The molecule has 0 radical (unpaired) electrons. The lowest BCUT2D eigenvalue weighted by atomic mass is 10.1. The van der Waals surface area contributed by atoms with Crippen LogP contribution in [0.2, 0.25) is 0 Å². The molecule has 1 aliphatic heterocycles. The quantitative estimate of drug-likeness (QED) is 0.883. The number of aliphatic carboxylic acids is 1. The monoisotopic (exact) mass is 283 g/mol. The van der Waals surface area contributed by atoms with E-state index in [1.807, 2.05) is 12.3 Å². The van der Waals surface area contributed by atoms with E-state index in [9.17, 15) is 9.59 Å². The van der Waals surface area contributed by atoms with Crippen molar-refractivity contribution < 1.29 is 14.7 Å². The van der Waals surface area contributed by atoms with Gasteiger partial charge in [-0.1, -0.05) is 0 Å². The van der Waals surface area contributed by atoms with Gasteiger partial charge in [-0.25, -0.2) is 9.78 Å². The Bertz CT molecular complexity index is 449. The molecule has 6 nitrogen and oxygen atoms in total. The van der Waals surface area contributed by atoms with Crippen molar-refractivity contribution in [2.75, 3.05) is 6.54 Å². The number of nitrogens with zero attached hydrogens (tertiary/aromatic N) is 2. The van der Waals surface area contributed by atoms with Gasteiger partial charge in [0.1, 0.15) is 5.01 Å². The fraction of sp³-hybridized carbons (Fsp3) is 0.583. The molecule has 2 N–H and O–H groups in total. The number of hydrogen-bond donors (Lipinski definition) is 2. The van der Waals surface area contributed by atoms with Crippen LogP contribution < -0.4 is 5.32 Å². The summed E-state index contributed by atoms with van der Waals surface area (Å²) in [5.41, 5.74) is 0. The van der Waals surface area contributed by atoms with Crippen molar-refractivity contribution in [3.63, 3.8) is 0 Å². The maximum atomic E-state index is 12.1. The molecule has 0 bridgehead atoms. The van der Waals surface area contributed by atoms with Crippen LogP contribution in [0.15, 0.2) is 11.6 Å². The van der Waals surface area contributed by atoms with Gasteiger partial charge < -0.3 is 15.3 Å². The van der Waals surface area contributed by atoms with Gasteiger partial charge in [0.05, 0.1) is 12.5 Å². The highest BCUT2D eigenvalue weighted by molar-refractivity contribution is 7.09. The lowest BCUT2D eigenvalue weighted by Crippen LogP contribution is -2.44. The van der Waals surface area contributed by atoms with Crippen molar-refractivity contribution in [1.29, 1.82) is 0 Å². The molecule has 2 unspecified atom stereocenters. The Labute approximate surface area is 115 Å². The van der Waals surface area contributed by atoms with Crippen LogP contribution in [0, 0.1) is 0 Å². The lowest BCUT2D eigenvalue weighted by Gasteiger charge is -2.25. The molecule has 2 heterocycles. The Balaban J connectivity index is 1.93. The Morgan fingerprint density at radius 3 is 3.11 bits per heavy atom. The van der Waals surface area contributed by atoms with Crippen molar-refractivity contribution in [3.8, 4) is 0 Å². The maximum absolute atomic E-state index is 12.1. The third kappa shape index (κ3) is 3.44. The molecule has 0 aliphatic carbocycles. The third-order valence-electron chi connectivity index (χ3n) is 3.21. The number of likely N-dealkylation sites (tertiary alicyclic amines) is 1. The van der Waals surface area contributed by atoms with Gasteiger partial charge in [0, 0.05) is 24.2 Å². The van der Waals surface area contributed by atoms with Crippen molar-refractivity contribution in [3.05, 3.63) is 16.6 Å². The zero-order valence-corrected chi connectivity index (χ0v) is 11.5. The topological polar surface area (TPSA) is 82.5 Å². The molecular weight excluding hydrogens is 266 g/mol. The molecule has 19 heavy (non-hydrogen) atoms. The fourth-order valence-electron chi connectivity index (χ4n) is 2.30. The van der Waals surface area contributed by atoms with E-state index < -0.39 is 5.97 Å². The molecule has 0 saturated carbocycles. The second-order valence-electron chi connectivity index (χ2n) is 4.63. The number of carboxylic acids is 1. The van der Waals surface area contributed by atoms with E-state index in [1.54, 1.807) is 11.1 Å². The first kappa shape index (κ1) is 13.8. The lowest BCUT2D eigenvalue weighted by molar-refractivity contribution is -0.137. The number of rotatable bonds is 4. The van der Waals surface area contributed by atoms with Gasteiger partial charge in [0.2, 0.25) is 0 Å². The average Bonchev–Trinajstić information content (AvgIpc) is 2.97. The van der Waals surface area contributed by atoms with Crippen LogP contribution in [0.5, 0.6) is 0 Å². The highest BCUT2D eigenvalue weighted by Crippen LogP contribution is 2.21. The third-order valence-corrected chi connectivity index (χ3v) is 4.17. The van der Waals surface area contributed by atoms with E-state index in [1.165, 1.54) is 11.3 Å². The summed E-state index contributed by atoms with van der Waals surface area (Å²) in [6.07, 6.45) is 3.33. The molecule has 1 aromatic rings. The number of urea groups is 1. The van der Waals surface area contributed by atoms with Gasteiger partial charge in [0.15, 0.2) is 0 Å². The van der Waals surface area contributed by atoms with Gasteiger partial charge in [-0.2, -0.15) is 0 Å². The molecule has 7 heteroatoms. The second kappa shape index (κ2) is 6.01. The van der Waals surface area contributed by atoms with Crippen LogP contribution in [0.4, 0.5) is 4.79 Å². The molecule has 2 atom stereocenters. The summed E-state index contributed by atoms with van der Waals surface area (Å²) in [7, 11) is 0. The summed E-state index contributed by atoms with van der Waals surface area (Å²) in [5, 5.41) is 14.4. The van der Waals surface area contributed by atoms with Crippen molar-refractivity contribution in [2.45, 2.75) is 38.3 Å². The summed E-state index contributed by atoms with van der Waals surface area (Å²) < 4.78 is 0. The number of amides is 2. The number of thiazole rings is 1. The highest BCUT2D eigenvalue weighted by Gasteiger charge is 2.31. The molecular formula is C12H17N3O3S. The minimum Gasteiger partial charge on any atom is -0.481 e. The summed E-state index contributed by atoms with van der Waals surface area (Å²) in [6.45, 7) is 2.49. The molecule has 1 saturated heterocycles. The Kier molecular flexibility index (Phi) is 4.36. The molecule has 0 aromatic carbocycles. The minimum atomic E-state index is -0.863. The van der Waals surface area contributed by atoms with Crippen molar-refractivity contribution in [2.24, 2.45) is 0 Å². The summed E-state index contributed by atoms with van der Waals surface area (Å²) >= 11 is 1.49. The zero-order chi connectivity index (χ0) is 13.8. The van der Waals surface area contributed by atoms with E-state index in [0.29, 0.717) is 6.54 Å². The molecule has 0 spiro atoms. The van der Waals surface area contributed by atoms with Crippen molar-refractivity contribution >= 4 is 23.3 Å². The number of carbonyl (C=O) groups is 2. The first-order valence-corrected chi connectivity index (χ1v) is 7.14. The van der Waals surface area contributed by atoms with Crippen LogP contribution in [0.3, 0.4) is 0 Å². The number of hydrogen-bond acceptors (Lipinski definition) is 4. The predicted molar refractivity (Wildman–Crippen MR) is 71.0 cm³/mol. The predicted octanol–water partition coefficient (Wildman–Crippen LogP) is 1.85. The van der Waals surface area contributed by atoms with Crippen LogP contribution in [-0.4, -0.2) is 39.6 Å². The number of carboxylic acid groups (broad SMARTS) is 1. The van der Waals surface area contributed by atoms with E-state index in [4.69, 9.17) is 5.11 Å². The van der Waals surface area contributed by atoms with Gasteiger partial charge in [-0.05, 0) is 19.8 Å². The molecule has 1 aliphatic rings. The largest absolute Gasteiger partial charge is 0.481 e. The van der Waals surface area contributed by atoms with Gasteiger partial charge in [0.25, 0.3) is 0 Å². The summed E-state index contributed by atoms with van der Waals surface area (Å²) in [5.74, 6) is -0.863. The normalized spacial score (nSPS) is 20.3. The van der Waals surface area contributed by atoms with Gasteiger partial charge in [-0.3, -0.25) is 4.79 Å². The highest BCUT2D eigenvalue weighted by atomic mass is 32.1. The Morgan fingerprint density at radius 1 is 1.68 bits per heavy atom.